The predicted molar refractivity (Wildman–Crippen MR) is 58.8 cm³/mol. The lowest BCUT2D eigenvalue weighted by atomic mass is 10.3. The molecule has 0 aromatic carbocycles. The summed E-state index contributed by atoms with van der Waals surface area (Å²) in [5.41, 5.74) is 5.11. The summed E-state index contributed by atoms with van der Waals surface area (Å²) in [6, 6.07) is -0.592. The number of alkyl halides is 1. The molecule has 0 aliphatic rings. The molecule has 0 rings (SSSR count). The number of ether oxygens (including phenoxy) is 2. The number of aliphatic hydroxyl groups is 1. The molecule has 7 heteroatoms. The van der Waals surface area contributed by atoms with Gasteiger partial charge in [-0.3, -0.25) is 4.79 Å². The van der Waals surface area contributed by atoms with Gasteiger partial charge in [-0.2, -0.15) is 0 Å². The summed E-state index contributed by atoms with van der Waals surface area (Å²) in [6.07, 6.45) is -1.09. The van der Waals surface area contributed by atoms with Crippen LogP contribution in [0.1, 0.15) is 0 Å². The zero-order valence-electron chi connectivity index (χ0n) is 7.90. The first-order valence-corrected chi connectivity index (χ1v) is 5.52. The van der Waals surface area contributed by atoms with Crippen molar-refractivity contribution >= 4 is 28.5 Å². The molecule has 0 spiro atoms. The Bertz CT molecular complexity index is 170. The van der Waals surface area contributed by atoms with E-state index >= 15 is 0 Å². The zero-order chi connectivity index (χ0) is 11.0. The van der Waals surface area contributed by atoms with E-state index in [0.717, 1.165) is 0 Å². The van der Waals surface area contributed by atoms with E-state index in [1.165, 1.54) is 7.11 Å². The fraction of sp³-hybridized carbons (Fsp3) is 0.857. The van der Waals surface area contributed by atoms with Gasteiger partial charge >= 0.3 is 0 Å². The fourth-order valence-electron chi connectivity index (χ4n) is 0.797. The van der Waals surface area contributed by atoms with Crippen molar-refractivity contribution in [2.24, 2.45) is 5.73 Å². The molecule has 0 aromatic rings. The molecule has 84 valence electrons. The Morgan fingerprint density at radius 2 is 2.36 bits per heavy atom. The zero-order valence-corrected chi connectivity index (χ0v) is 10.1. The van der Waals surface area contributed by atoms with Crippen molar-refractivity contribution in [1.82, 2.24) is 5.32 Å². The quantitative estimate of drug-likeness (QED) is 0.312. The van der Waals surface area contributed by atoms with Gasteiger partial charge in [0.05, 0.1) is 17.8 Å². The van der Waals surface area contributed by atoms with E-state index in [9.17, 15) is 9.90 Å². The van der Waals surface area contributed by atoms with Crippen LogP contribution in [0.25, 0.3) is 0 Å². The Labute approximate surface area is 96.3 Å². The van der Waals surface area contributed by atoms with Crippen LogP contribution in [0.2, 0.25) is 0 Å². The van der Waals surface area contributed by atoms with Crippen LogP contribution in [-0.4, -0.2) is 48.2 Å². The molecule has 0 heterocycles. The van der Waals surface area contributed by atoms with Gasteiger partial charge in [-0.05, 0) is 0 Å². The van der Waals surface area contributed by atoms with Crippen LogP contribution >= 0.6 is 22.6 Å². The molecule has 0 fully saturated rings. The van der Waals surface area contributed by atoms with E-state index < -0.39 is 12.3 Å². The average molecular weight is 318 g/mol. The Kier molecular flexibility index (Phi) is 8.38. The largest absolute Gasteiger partial charge is 0.369 e. The molecule has 0 saturated heterocycles. The van der Waals surface area contributed by atoms with Crippen molar-refractivity contribution in [1.29, 1.82) is 0 Å². The Balaban J connectivity index is 4.02. The van der Waals surface area contributed by atoms with Crippen LogP contribution < -0.4 is 11.1 Å². The molecule has 6 nitrogen and oxygen atoms in total. The highest BCUT2D eigenvalue weighted by Gasteiger charge is 2.20. The van der Waals surface area contributed by atoms with Gasteiger partial charge < -0.3 is 25.6 Å². The van der Waals surface area contributed by atoms with Gasteiger partial charge in [0, 0.05) is 7.11 Å². The van der Waals surface area contributed by atoms with Crippen molar-refractivity contribution in [2.45, 2.75) is 12.3 Å². The molecule has 14 heavy (non-hydrogen) atoms. The van der Waals surface area contributed by atoms with Crippen molar-refractivity contribution < 1.29 is 19.4 Å². The summed E-state index contributed by atoms with van der Waals surface area (Å²) < 4.78 is 10.2. The molecule has 4 N–H and O–H groups in total. The first-order valence-electron chi connectivity index (χ1n) is 3.99. The van der Waals surface area contributed by atoms with E-state index in [-0.39, 0.29) is 19.1 Å². The molecule has 0 bridgehead atoms. The number of methoxy groups -OCH3 is 1. The molecule has 0 aromatic heterocycles. The second-order valence-corrected chi connectivity index (χ2v) is 3.11. The van der Waals surface area contributed by atoms with Gasteiger partial charge in [0.1, 0.15) is 6.04 Å². The first-order chi connectivity index (χ1) is 6.65. The molecular weight excluding hydrogens is 303 g/mol. The second kappa shape index (κ2) is 8.36. The van der Waals surface area contributed by atoms with Gasteiger partial charge in [-0.1, -0.05) is 22.6 Å². The van der Waals surface area contributed by atoms with Gasteiger partial charge in [-0.15, -0.1) is 0 Å². The first kappa shape index (κ1) is 14.0. The van der Waals surface area contributed by atoms with Crippen molar-refractivity contribution in [3.05, 3.63) is 0 Å². The summed E-state index contributed by atoms with van der Waals surface area (Å²) in [4.78, 5) is 10.9. The number of amides is 1. The Morgan fingerprint density at radius 3 is 2.79 bits per heavy atom. The number of hydrogen-bond donors (Lipinski definition) is 3. The molecule has 0 saturated carbocycles. The highest BCUT2D eigenvalue weighted by Crippen LogP contribution is 1.97. The van der Waals surface area contributed by atoms with Crippen LogP contribution in [0.3, 0.4) is 0 Å². The molecule has 0 radical (unpaired) electrons. The standard InChI is InChI=1S/C7H15IN2O4/c1-13-7(12)5(3-14-4-8)10-6(11)2-9/h5,7,12H,2-4,9H2,1H3,(H,10,11). The lowest BCUT2D eigenvalue weighted by molar-refractivity contribution is -0.132. The molecule has 2 unspecified atom stereocenters. The summed E-state index contributed by atoms with van der Waals surface area (Å²) in [5, 5.41) is 11.8. The number of hydrogen-bond acceptors (Lipinski definition) is 5. The summed E-state index contributed by atoms with van der Waals surface area (Å²) in [7, 11) is 1.34. The molecule has 0 aliphatic heterocycles. The lowest BCUT2D eigenvalue weighted by Crippen LogP contribution is -2.49. The van der Waals surface area contributed by atoms with Gasteiger partial charge in [0.2, 0.25) is 5.91 Å². The maximum absolute atomic E-state index is 10.9. The third-order valence-corrected chi connectivity index (χ3v) is 1.93. The predicted octanol–water partition coefficient (Wildman–Crippen LogP) is -1.20. The normalized spacial score (nSPS) is 14.9. The van der Waals surface area contributed by atoms with Crippen LogP contribution in [0.5, 0.6) is 0 Å². The smallest absolute Gasteiger partial charge is 0.234 e. The topological polar surface area (TPSA) is 93.8 Å². The van der Waals surface area contributed by atoms with E-state index in [0.29, 0.717) is 4.61 Å². The third-order valence-electron chi connectivity index (χ3n) is 1.49. The van der Waals surface area contributed by atoms with E-state index in [2.05, 4.69) is 10.1 Å². The molecule has 0 aliphatic carbocycles. The SMILES string of the molecule is COC(O)C(COCI)NC(=O)CN. The summed E-state index contributed by atoms with van der Waals surface area (Å²) in [6.45, 7) is 0.0564. The Morgan fingerprint density at radius 1 is 1.71 bits per heavy atom. The number of rotatable bonds is 7. The number of carbonyl (C=O) groups excluding carboxylic acids is 1. The van der Waals surface area contributed by atoms with Crippen LogP contribution in [0.4, 0.5) is 0 Å². The van der Waals surface area contributed by atoms with Crippen LogP contribution in [-0.2, 0) is 14.3 Å². The van der Waals surface area contributed by atoms with Crippen molar-refractivity contribution in [3.63, 3.8) is 0 Å². The summed E-state index contributed by atoms with van der Waals surface area (Å²) in [5.74, 6) is -0.358. The number of halogens is 1. The molecule has 2 atom stereocenters. The minimum Gasteiger partial charge on any atom is -0.369 e. The number of nitrogens with one attached hydrogen (secondary N) is 1. The average Bonchev–Trinajstić information content (AvgIpc) is 2.22. The third kappa shape index (κ3) is 5.70. The molecule has 1 amide bonds. The maximum atomic E-state index is 10.9. The summed E-state index contributed by atoms with van der Waals surface area (Å²) >= 11 is 2.02. The minimum atomic E-state index is -1.09. The van der Waals surface area contributed by atoms with Gasteiger partial charge in [0.25, 0.3) is 0 Å². The van der Waals surface area contributed by atoms with E-state index in [1.807, 2.05) is 22.6 Å². The van der Waals surface area contributed by atoms with Gasteiger partial charge in [-0.25, -0.2) is 0 Å². The number of carbonyl (C=O) groups is 1. The van der Waals surface area contributed by atoms with Crippen molar-refractivity contribution in [3.8, 4) is 0 Å². The van der Waals surface area contributed by atoms with Crippen molar-refractivity contribution in [2.75, 3.05) is 24.9 Å². The minimum absolute atomic E-state index is 0.128. The van der Waals surface area contributed by atoms with Crippen LogP contribution in [0.15, 0.2) is 0 Å². The fourth-order valence-corrected chi connectivity index (χ4v) is 1.05. The number of nitrogens with two attached hydrogens (primary N) is 1. The molecular formula is C7H15IN2O4. The Hall–Kier alpha value is 0.0400. The van der Waals surface area contributed by atoms with Crippen LogP contribution in [0, 0.1) is 0 Å². The monoisotopic (exact) mass is 318 g/mol. The highest BCUT2D eigenvalue weighted by molar-refractivity contribution is 14.1. The van der Waals surface area contributed by atoms with E-state index in [4.69, 9.17) is 10.5 Å². The highest BCUT2D eigenvalue weighted by atomic mass is 127. The van der Waals surface area contributed by atoms with Gasteiger partial charge in [0.15, 0.2) is 6.29 Å². The number of aliphatic hydroxyl groups excluding tert-OH is 1. The maximum Gasteiger partial charge on any atom is 0.234 e. The second-order valence-electron chi connectivity index (χ2n) is 2.48. The lowest BCUT2D eigenvalue weighted by Gasteiger charge is -2.22. The van der Waals surface area contributed by atoms with E-state index in [1.54, 1.807) is 0 Å².